The molecule has 7 heteroatoms. The Labute approximate surface area is 141 Å². The first-order chi connectivity index (χ1) is 11.5. The van der Waals surface area contributed by atoms with Crippen molar-refractivity contribution in [3.05, 3.63) is 55.4 Å². The number of aromatic nitrogens is 1. The normalized spacial score (nSPS) is 11.1. The topological polar surface area (TPSA) is 78.5 Å². The minimum absolute atomic E-state index is 0.0190. The summed E-state index contributed by atoms with van der Waals surface area (Å²) in [5.74, 6) is -0.687. The van der Waals surface area contributed by atoms with Crippen molar-refractivity contribution < 1.29 is 13.9 Å². The molecule has 0 saturated carbocycles. The fourth-order valence-electron chi connectivity index (χ4n) is 2.69. The van der Waals surface area contributed by atoms with E-state index >= 15 is 0 Å². The molecule has 3 rings (SSSR count). The molecule has 0 aliphatic heterocycles. The number of ether oxygens (including phenoxy) is 1. The van der Waals surface area contributed by atoms with Crippen LogP contribution in [0.3, 0.4) is 0 Å². The number of rotatable bonds is 3. The third-order valence-corrected chi connectivity index (χ3v) is 3.96. The maximum absolute atomic E-state index is 12.9. The first kappa shape index (κ1) is 16.3. The SMILES string of the molecule is CCCn1c(C(=O)OC)cc(=O)c2oc3ccc(Cl)cc3c(=O)c21. The molecular formula is C17H14ClNO5. The van der Waals surface area contributed by atoms with Gasteiger partial charge in [-0.1, -0.05) is 18.5 Å². The van der Waals surface area contributed by atoms with Crippen molar-refractivity contribution in [2.75, 3.05) is 7.11 Å². The number of pyridine rings is 1. The zero-order chi connectivity index (χ0) is 17.4. The summed E-state index contributed by atoms with van der Waals surface area (Å²) in [4.78, 5) is 37.3. The molecule has 6 nitrogen and oxygen atoms in total. The van der Waals surface area contributed by atoms with Gasteiger partial charge in [0.25, 0.3) is 0 Å². The Hall–Kier alpha value is -2.60. The highest BCUT2D eigenvalue weighted by Gasteiger charge is 2.20. The van der Waals surface area contributed by atoms with Gasteiger partial charge < -0.3 is 13.7 Å². The van der Waals surface area contributed by atoms with Gasteiger partial charge in [-0.25, -0.2) is 4.79 Å². The Balaban J connectivity index is 2.57. The molecule has 124 valence electrons. The minimum Gasteiger partial charge on any atom is -0.464 e. The number of aryl methyl sites for hydroxylation is 1. The van der Waals surface area contributed by atoms with Crippen molar-refractivity contribution in [1.29, 1.82) is 0 Å². The number of esters is 1. The van der Waals surface area contributed by atoms with E-state index in [2.05, 4.69) is 0 Å². The first-order valence-electron chi connectivity index (χ1n) is 7.36. The van der Waals surface area contributed by atoms with Crippen LogP contribution >= 0.6 is 11.6 Å². The molecule has 0 atom stereocenters. The highest BCUT2D eigenvalue weighted by molar-refractivity contribution is 6.31. The fraction of sp³-hybridized carbons (Fsp3) is 0.235. The lowest BCUT2D eigenvalue weighted by Gasteiger charge is -2.14. The molecule has 0 radical (unpaired) electrons. The molecule has 0 fully saturated rings. The predicted octanol–water partition coefficient (Wildman–Crippen LogP) is 2.96. The lowest BCUT2D eigenvalue weighted by Crippen LogP contribution is -2.23. The number of methoxy groups -OCH3 is 1. The summed E-state index contributed by atoms with van der Waals surface area (Å²) >= 11 is 5.96. The van der Waals surface area contributed by atoms with Gasteiger partial charge >= 0.3 is 5.97 Å². The summed E-state index contributed by atoms with van der Waals surface area (Å²) < 4.78 is 11.8. The molecule has 0 aliphatic rings. The van der Waals surface area contributed by atoms with E-state index < -0.39 is 16.8 Å². The van der Waals surface area contributed by atoms with E-state index in [-0.39, 0.29) is 27.8 Å². The van der Waals surface area contributed by atoms with Crippen LogP contribution < -0.4 is 10.9 Å². The third kappa shape index (κ3) is 2.49. The van der Waals surface area contributed by atoms with Crippen molar-refractivity contribution in [1.82, 2.24) is 4.57 Å². The third-order valence-electron chi connectivity index (χ3n) is 3.72. The van der Waals surface area contributed by atoms with Gasteiger partial charge in [0.15, 0.2) is 0 Å². The predicted molar refractivity (Wildman–Crippen MR) is 90.9 cm³/mol. The van der Waals surface area contributed by atoms with Gasteiger partial charge in [-0.05, 0) is 24.6 Å². The van der Waals surface area contributed by atoms with Crippen LogP contribution in [0.15, 0.2) is 38.3 Å². The van der Waals surface area contributed by atoms with Gasteiger partial charge in [-0.2, -0.15) is 0 Å². The van der Waals surface area contributed by atoms with E-state index in [9.17, 15) is 14.4 Å². The van der Waals surface area contributed by atoms with Crippen molar-refractivity contribution in [3.63, 3.8) is 0 Å². The van der Waals surface area contributed by atoms with E-state index in [4.69, 9.17) is 20.8 Å². The molecule has 0 amide bonds. The lowest BCUT2D eigenvalue weighted by molar-refractivity contribution is 0.0588. The van der Waals surface area contributed by atoms with Gasteiger partial charge in [-0.15, -0.1) is 0 Å². The van der Waals surface area contributed by atoms with Crippen LogP contribution in [0.5, 0.6) is 0 Å². The quantitative estimate of drug-likeness (QED) is 0.537. The van der Waals surface area contributed by atoms with E-state index in [1.54, 1.807) is 6.07 Å². The highest BCUT2D eigenvalue weighted by atomic mass is 35.5. The van der Waals surface area contributed by atoms with Crippen LogP contribution in [0, 0.1) is 0 Å². The number of benzene rings is 1. The Kier molecular flexibility index (Phi) is 4.15. The van der Waals surface area contributed by atoms with Crippen molar-refractivity contribution >= 4 is 39.6 Å². The van der Waals surface area contributed by atoms with Gasteiger partial charge in [-0.3, -0.25) is 9.59 Å². The van der Waals surface area contributed by atoms with Gasteiger partial charge in [0, 0.05) is 17.6 Å². The van der Waals surface area contributed by atoms with Crippen molar-refractivity contribution in [2.45, 2.75) is 19.9 Å². The number of nitrogens with zero attached hydrogens (tertiary/aromatic N) is 1. The molecule has 1 aromatic carbocycles. The highest BCUT2D eigenvalue weighted by Crippen LogP contribution is 2.21. The first-order valence-corrected chi connectivity index (χ1v) is 7.74. The maximum Gasteiger partial charge on any atom is 0.354 e. The van der Waals surface area contributed by atoms with Crippen LogP contribution in [0.2, 0.25) is 5.02 Å². The lowest BCUT2D eigenvalue weighted by atomic mass is 10.1. The van der Waals surface area contributed by atoms with Gasteiger partial charge in [0.05, 0.1) is 12.5 Å². The monoisotopic (exact) mass is 347 g/mol. The van der Waals surface area contributed by atoms with Crippen molar-refractivity contribution in [3.8, 4) is 0 Å². The number of hydrogen-bond acceptors (Lipinski definition) is 5. The van der Waals surface area contributed by atoms with Gasteiger partial charge in [0.2, 0.25) is 16.4 Å². The summed E-state index contributed by atoms with van der Waals surface area (Å²) in [6.45, 7) is 2.25. The zero-order valence-electron chi connectivity index (χ0n) is 13.1. The fourth-order valence-corrected chi connectivity index (χ4v) is 2.86. The average molecular weight is 348 g/mol. The molecule has 0 unspecified atom stereocenters. The minimum atomic E-state index is -0.687. The van der Waals surface area contributed by atoms with Crippen LogP contribution in [0.4, 0.5) is 0 Å². The summed E-state index contributed by atoms with van der Waals surface area (Å²) in [6, 6.07) is 5.73. The van der Waals surface area contributed by atoms with E-state index in [1.807, 2.05) is 6.92 Å². The van der Waals surface area contributed by atoms with Gasteiger partial charge in [0.1, 0.15) is 16.8 Å². The maximum atomic E-state index is 12.9. The van der Waals surface area contributed by atoms with Crippen LogP contribution in [0.25, 0.3) is 22.1 Å². The Morgan fingerprint density at radius 3 is 2.71 bits per heavy atom. The molecule has 0 aliphatic carbocycles. The summed E-state index contributed by atoms with van der Waals surface area (Å²) in [7, 11) is 1.22. The largest absolute Gasteiger partial charge is 0.464 e. The standard InChI is InChI=1S/C17H14ClNO5/c1-3-6-19-11(17(22)23-2)8-12(20)16-14(19)15(21)10-7-9(18)4-5-13(10)24-16/h4-5,7-8H,3,6H2,1-2H3. The molecule has 2 heterocycles. The van der Waals surface area contributed by atoms with Crippen LogP contribution in [-0.4, -0.2) is 17.6 Å². The van der Waals surface area contributed by atoms with E-state index in [0.717, 1.165) is 6.07 Å². The smallest absolute Gasteiger partial charge is 0.354 e. The molecule has 0 saturated heterocycles. The van der Waals surface area contributed by atoms with Crippen LogP contribution in [-0.2, 0) is 11.3 Å². The Morgan fingerprint density at radius 1 is 1.29 bits per heavy atom. The number of hydrogen-bond donors (Lipinski definition) is 0. The molecular weight excluding hydrogens is 334 g/mol. The molecule has 0 spiro atoms. The zero-order valence-corrected chi connectivity index (χ0v) is 13.8. The number of carbonyl (C=O) groups is 1. The summed E-state index contributed by atoms with van der Waals surface area (Å²) in [6.07, 6.45) is 0.648. The average Bonchev–Trinajstić information content (AvgIpc) is 2.57. The number of fused-ring (bicyclic) bond motifs is 2. The molecule has 3 aromatic rings. The second-order valence-corrected chi connectivity index (χ2v) is 5.72. The van der Waals surface area contributed by atoms with E-state index in [1.165, 1.54) is 23.8 Å². The van der Waals surface area contributed by atoms with Crippen molar-refractivity contribution in [2.24, 2.45) is 0 Å². The van der Waals surface area contributed by atoms with E-state index in [0.29, 0.717) is 18.0 Å². The molecule has 0 bridgehead atoms. The number of halogens is 1. The van der Waals surface area contributed by atoms with Crippen LogP contribution in [0.1, 0.15) is 23.8 Å². The number of carbonyl (C=O) groups excluding carboxylic acids is 1. The molecule has 0 N–H and O–H groups in total. The Morgan fingerprint density at radius 2 is 2.04 bits per heavy atom. The molecule has 2 aromatic heterocycles. The molecule has 24 heavy (non-hydrogen) atoms. The second kappa shape index (κ2) is 6.13. The summed E-state index contributed by atoms with van der Waals surface area (Å²) in [5.41, 5.74) is -0.722. The second-order valence-electron chi connectivity index (χ2n) is 5.29. The summed E-state index contributed by atoms with van der Waals surface area (Å²) in [5, 5.41) is 0.629. The Bertz CT molecular complexity index is 1080.